The van der Waals surface area contributed by atoms with Crippen molar-refractivity contribution in [3.8, 4) is 17.2 Å². The first-order valence-electron chi connectivity index (χ1n) is 5.94. The molecule has 1 aromatic rings. The molecule has 1 rings (SSSR count). The number of rotatable bonds is 7. The number of hydrogen-bond donors (Lipinski definition) is 1. The SMILES string of the molecule is CCN(N)CCc1cc(OC)c(OC)c(OC)c1.Cl. The number of likely N-dealkylation sites (N-methyl/N-ethyl adjacent to an activating group) is 1. The predicted octanol–water partition coefficient (Wildman–Crippen LogP) is 1.87. The van der Waals surface area contributed by atoms with Gasteiger partial charge >= 0.3 is 0 Å². The van der Waals surface area contributed by atoms with Crippen LogP contribution in [0.25, 0.3) is 0 Å². The number of methoxy groups -OCH3 is 3. The fourth-order valence-electron chi connectivity index (χ4n) is 1.71. The van der Waals surface area contributed by atoms with Crippen molar-refractivity contribution < 1.29 is 14.2 Å². The zero-order valence-corrected chi connectivity index (χ0v) is 12.8. The minimum Gasteiger partial charge on any atom is -0.493 e. The molecule has 19 heavy (non-hydrogen) atoms. The summed E-state index contributed by atoms with van der Waals surface area (Å²) in [6.45, 7) is 3.63. The lowest BCUT2D eigenvalue weighted by Crippen LogP contribution is -2.32. The minimum absolute atomic E-state index is 0. The predicted molar refractivity (Wildman–Crippen MR) is 78.5 cm³/mol. The molecule has 0 bridgehead atoms. The Labute approximate surface area is 121 Å². The Morgan fingerprint density at radius 2 is 1.58 bits per heavy atom. The molecule has 0 radical (unpaired) electrons. The summed E-state index contributed by atoms with van der Waals surface area (Å²) >= 11 is 0. The third kappa shape index (κ3) is 4.78. The maximum absolute atomic E-state index is 5.76. The van der Waals surface area contributed by atoms with Gasteiger partial charge < -0.3 is 14.2 Å². The van der Waals surface area contributed by atoms with Gasteiger partial charge in [-0.05, 0) is 24.1 Å². The van der Waals surface area contributed by atoms with Crippen LogP contribution in [0.4, 0.5) is 0 Å². The van der Waals surface area contributed by atoms with E-state index in [9.17, 15) is 0 Å². The average Bonchev–Trinajstić information content (AvgIpc) is 2.43. The summed E-state index contributed by atoms with van der Waals surface area (Å²) in [4.78, 5) is 0. The largest absolute Gasteiger partial charge is 0.493 e. The lowest BCUT2D eigenvalue weighted by atomic mass is 10.1. The smallest absolute Gasteiger partial charge is 0.203 e. The fourth-order valence-corrected chi connectivity index (χ4v) is 1.71. The summed E-state index contributed by atoms with van der Waals surface area (Å²) in [7, 11) is 4.82. The first kappa shape index (κ1) is 17.8. The van der Waals surface area contributed by atoms with Crippen molar-refractivity contribution in [3.63, 3.8) is 0 Å². The summed E-state index contributed by atoms with van der Waals surface area (Å²) in [5, 5.41) is 1.77. The normalized spacial score (nSPS) is 10.0. The molecular formula is C13H23ClN2O3. The molecule has 0 amide bonds. The summed E-state index contributed by atoms with van der Waals surface area (Å²) in [6.07, 6.45) is 0.834. The van der Waals surface area contributed by atoms with Gasteiger partial charge in [-0.1, -0.05) is 6.92 Å². The Balaban J connectivity index is 0.00000324. The molecule has 0 saturated carbocycles. The van der Waals surface area contributed by atoms with Crippen molar-refractivity contribution in [2.75, 3.05) is 34.4 Å². The van der Waals surface area contributed by atoms with Crippen LogP contribution in [0, 0.1) is 0 Å². The van der Waals surface area contributed by atoms with Crippen molar-refractivity contribution >= 4 is 12.4 Å². The molecule has 0 aliphatic carbocycles. The number of hydrogen-bond acceptors (Lipinski definition) is 5. The van der Waals surface area contributed by atoms with Gasteiger partial charge in [0.05, 0.1) is 21.3 Å². The molecule has 0 heterocycles. The van der Waals surface area contributed by atoms with Gasteiger partial charge in [-0.3, -0.25) is 5.84 Å². The Kier molecular flexibility index (Phi) is 8.30. The highest BCUT2D eigenvalue weighted by Crippen LogP contribution is 2.38. The Morgan fingerprint density at radius 3 is 1.95 bits per heavy atom. The van der Waals surface area contributed by atoms with Crippen LogP contribution < -0.4 is 20.1 Å². The van der Waals surface area contributed by atoms with Crippen LogP contribution in [-0.4, -0.2) is 39.4 Å². The molecule has 0 fully saturated rings. The van der Waals surface area contributed by atoms with E-state index in [1.807, 2.05) is 19.1 Å². The molecule has 110 valence electrons. The number of nitrogens with two attached hydrogens (primary N) is 1. The fraction of sp³-hybridized carbons (Fsp3) is 0.538. The molecule has 0 saturated heterocycles. The van der Waals surface area contributed by atoms with E-state index in [4.69, 9.17) is 20.1 Å². The van der Waals surface area contributed by atoms with E-state index in [0.717, 1.165) is 25.1 Å². The molecule has 1 aromatic carbocycles. The van der Waals surface area contributed by atoms with E-state index >= 15 is 0 Å². The molecule has 0 aliphatic rings. The van der Waals surface area contributed by atoms with Crippen LogP contribution in [0.2, 0.25) is 0 Å². The van der Waals surface area contributed by atoms with Gasteiger partial charge in [0.25, 0.3) is 0 Å². The van der Waals surface area contributed by atoms with Crippen molar-refractivity contribution in [1.82, 2.24) is 5.01 Å². The van der Waals surface area contributed by atoms with Crippen LogP contribution in [0.5, 0.6) is 17.2 Å². The van der Waals surface area contributed by atoms with Gasteiger partial charge in [0, 0.05) is 13.1 Å². The van der Waals surface area contributed by atoms with Crippen LogP contribution in [-0.2, 0) is 6.42 Å². The molecule has 0 aromatic heterocycles. The van der Waals surface area contributed by atoms with Crippen molar-refractivity contribution in [3.05, 3.63) is 17.7 Å². The third-order valence-electron chi connectivity index (χ3n) is 2.82. The third-order valence-corrected chi connectivity index (χ3v) is 2.82. The van der Waals surface area contributed by atoms with Gasteiger partial charge in [0.1, 0.15) is 0 Å². The number of halogens is 1. The second-order valence-electron chi connectivity index (χ2n) is 3.91. The summed E-state index contributed by atoms with van der Waals surface area (Å²) in [5.41, 5.74) is 1.11. The number of benzene rings is 1. The van der Waals surface area contributed by atoms with Crippen molar-refractivity contribution in [1.29, 1.82) is 0 Å². The summed E-state index contributed by atoms with van der Waals surface area (Å²) in [6, 6.07) is 3.90. The molecule has 0 atom stereocenters. The molecule has 0 unspecified atom stereocenters. The average molecular weight is 291 g/mol. The standard InChI is InChI=1S/C13H22N2O3.ClH/c1-5-15(14)7-6-10-8-11(16-2)13(18-4)12(9-10)17-3;/h8-9H,5-7,14H2,1-4H3;1H. The maximum Gasteiger partial charge on any atom is 0.203 e. The molecule has 0 spiro atoms. The Morgan fingerprint density at radius 1 is 1.05 bits per heavy atom. The monoisotopic (exact) mass is 290 g/mol. The first-order valence-corrected chi connectivity index (χ1v) is 5.94. The van der Waals surface area contributed by atoms with Crippen LogP contribution in [0.15, 0.2) is 12.1 Å². The minimum atomic E-state index is 0. The van der Waals surface area contributed by atoms with E-state index in [1.54, 1.807) is 26.3 Å². The summed E-state index contributed by atoms with van der Waals surface area (Å²) in [5.74, 6) is 7.72. The van der Waals surface area contributed by atoms with E-state index in [-0.39, 0.29) is 12.4 Å². The molecular weight excluding hydrogens is 268 g/mol. The summed E-state index contributed by atoms with van der Waals surface area (Å²) < 4.78 is 15.9. The van der Waals surface area contributed by atoms with Gasteiger partial charge in [-0.15, -0.1) is 12.4 Å². The van der Waals surface area contributed by atoms with Gasteiger partial charge in [0.2, 0.25) is 5.75 Å². The quantitative estimate of drug-likeness (QED) is 0.614. The number of ether oxygens (including phenoxy) is 3. The van der Waals surface area contributed by atoms with E-state index in [2.05, 4.69) is 0 Å². The van der Waals surface area contributed by atoms with E-state index < -0.39 is 0 Å². The van der Waals surface area contributed by atoms with Crippen LogP contribution >= 0.6 is 12.4 Å². The van der Waals surface area contributed by atoms with Gasteiger partial charge in [0.15, 0.2) is 11.5 Å². The number of hydrazine groups is 1. The lowest BCUT2D eigenvalue weighted by molar-refractivity contribution is 0.301. The van der Waals surface area contributed by atoms with Crippen LogP contribution in [0.1, 0.15) is 12.5 Å². The van der Waals surface area contributed by atoms with Crippen LogP contribution in [0.3, 0.4) is 0 Å². The Bertz CT molecular complexity index is 363. The first-order chi connectivity index (χ1) is 8.65. The highest BCUT2D eigenvalue weighted by molar-refractivity contribution is 5.85. The highest BCUT2D eigenvalue weighted by Gasteiger charge is 2.13. The van der Waals surface area contributed by atoms with Crippen molar-refractivity contribution in [2.24, 2.45) is 5.84 Å². The molecule has 6 heteroatoms. The molecule has 5 nitrogen and oxygen atoms in total. The molecule has 0 aliphatic heterocycles. The van der Waals surface area contributed by atoms with Gasteiger partial charge in [-0.25, -0.2) is 5.01 Å². The second-order valence-corrected chi connectivity index (χ2v) is 3.91. The highest BCUT2D eigenvalue weighted by atomic mass is 35.5. The topological polar surface area (TPSA) is 57.0 Å². The van der Waals surface area contributed by atoms with E-state index in [0.29, 0.717) is 17.2 Å². The zero-order valence-electron chi connectivity index (χ0n) is 11.9. The number of nitrogens with zero attached hydrogens (tertiary/aromatic N) is 1. The second kappa shape index (κ2) is 8.85. The van der Waals surface area contributed by atoms with Crippen molar-refractivity contribution in [2.45, 2.75) is 13.3 Å². The van der Waals surface area contributed by atoms with Gasteiger partial charge in [-0.2, -0.15) is 0 Å². The zero-order chi connectivity index (χ0) is 13.5. The Hall–Kier alpha value is -1.17. The lowest BCUT2D eigenvalue weighted by Gasteiger charge is -2.16. The van der Waals surface area contributed by atoms with E-state index in [1.165, 1.54) is 0 Å². The maximum atomic E-state index is 5.76. The molecule has 2 N–H and O–H groups in total.